The number of nitriles is 2. The van der Waals surface area contributed by atoms with Crippen molar-refractivity contribution in [3.63, 3.8) is 0 Å². The van der Waals surface area contributed by atoms with Crippen LogP contribution < -0.4 is 0 Å². The third-order valence-corrected chi connectivity index (χ3v) is 1.34. The Bertz CT molecular complexity index is 238. The van der Waals surface area contributed by atoms with Crippen LogP contribution in [0.5, 0.6) is 0 Å². The van der Waals surface area contributed by atoms with Crippen LogP contribution in [0, 0.1) is 34.5 Å². The molecule has 2 unspecified atom stereocenters. The van der Waals surface area contributed by atoms with Gasteiger partial charge < -0.3 is 9.47 Å². The molecule has 0 radical (unpaired) electrons. The predicted octanol–water partition coefficient (Wildman–Crippen LogP) is 1.46. The number of carbonyl (C=O) groups is 1. The average Bonchev–Trinajstić information content (AvgIpc) is 2.22. The van der Waals surface area contributed by atoms with Crippen LogP contribution in [0.15, 0.2) is 0 Å². The van der Waals surface area contributed by atoms with Gasteiger partial charge >= 0.3 is 6.16 Å². The van der Waals surface area contributed by atoms with E-state index in [1.807, 2.05) is 12.1 Å². The minimum atomic E-state index is -0.839. The molecule has 0 rings (SSSR count). The number of carbonyl (C=O) groups excluding carboxylic acids is 1. The molecule has 2 atom stereocenters. The standard InChI is InChI=1S/C9H12N2O3/c1-7(3-10)5-13-9(12)14-6-8(2)4-11/h7-8H,5-6H2,1-2H3. The first kappa shape index (κ1) is 12.2. The van der Waals surface area contributed by atoms with Crippen molar-refractivity contribution in [3.05, 3.63) is 0 Å². The molecule has 0 saturated heterocycles. The van der Waals surface area contributed by atoms with Crippen molar-refractivity contribution in [3.8, 4) is 12.1 Å². The lowest BCUT2D eigenvalue weighted by Crippen LogP contribution is -2.15. The summed E-state index contributed by atoms with van der Waals surface area (Å²) in [7, 11) is 0. The predicted molar refractivity (Wildman–Crippen MR) is 46.9 cm³/mol. The van der Waals surface area contributed by atoms with Crippen molar-refractivity contribution in [2.45, 2.75) is 13.8 Å². The molecule has 0 spiro atoms. The van der Waals surface area contributed by atoms with Crippen molar-refractivity contribution in [1.82, 2.24) is 0 Å². The smallest absolute Gasteiger partial charge is 0.433 e. The van der Waals surface area contributed by atoms with Gasteiger partial charge in [-0.1, -0.05) is 0 Å². The highest BCUT2D eigenvalue weighted by atomic mass is 16.7. The highest BCUT2D eigenvalue weighted by Gasteiger charge is 2.09. The first-order chi connectivity index (χ1) is 6.60. The van der Waals surface area contributed by atoms with Crippen molar-refractivity contribution in [2.75, 3.05) is 13.2 Å². The number of ether oxygens (including phenoxy) is 2. The fraction of sp³-hybridized carbons (Fsp3) is 0.667. The molecule has 76 valence electrons. The fourth-order valence-corrected chi connectivity index (χ4v) is 0.502. The molecule has 0 heterocycles. The summed E-state index contributed by atoms with van der Waals surface area (Å²) in [5.74, 6) is -0.702. The summed E-state index contributed by atoms with van der Waals surface area (Å²) < 4.78 is 9.19. The summed E-state index contributed by atoms with van der Waals surface area (Å²) in [5, 5.41) is 16.8. The Kier molecular flexibility index (Phi) is 5.89. The first-order valence-corrected chi connectivity index (χ1v) is 4.19. The average molecular weight is 196 g/mol. The molecule has 5 heteroatoms. The van der Waals surface area contributed by atoms with E-state index >= 15 is 0 Å². The zero-order chi connectivity index (χ0) is 11.0. The van der Waals surface area contributed by atoms with E-state index in [4.69, 9.17) is 10.5 Å². The van der Waals surface area contributed by atoms with E-state index in [0.717, 1.165) is 0 Å². The second kappa shape index (κ2) is 6.73. The topological polar surface area (TPSA) is 83.1 Å². The monoisotopic (exact) mass is 196 g/mol. The van der Waals surface area contributed by atoms with Gasteiger partial charge in [-0.2, -0.15) is 10.5 Å². The van der Waals surface area contributed by atoms with Crippen LogP contribution in [0.4, 0.5) is 4.79 Å². The second-order valence-electron chi connectivity index (χ2n) is 2.93. The highest BCUT2D eigenvalue weighted by Crippen LogP contribution is 1.98. The molecule has 0 fully saturated rings. The van der Waals surface area contributed by atoms with Gasteiger partial charge in [0.25, 0.3) is 0 Å². The first-order valence-electron chi connectivity index (χ1n) is 4.19. The van der Waals surface area contributed by atoms with E-state index in [-0.39, 0.29) is 25.0 Å². The summed E-state index contributed by atoms with van der Waals surface area (Å²) in [4.78, 5) is 10.8. The van der Waals surface area contributed by atoms with Crippen LogP contribution in [0.3, 0.4) is 0 Å². The van der Waals surface area contributed by atoms with Gasteiger partial charge in [0.15, 0.2) is 0 Å². The maximum Gasteiger partial charge on any atom is 0.508 e. The molecule has 0 aliphatic rings. The van der Waals surface area contributed by atoms with Gasteiger partial charge in [-0.25, -0.2) is 4.79 Å². The van der Waals surface area contributed by atoms with Crippen molar-refractivity contribution < 1.29 is 14.3 Å². The molecule has 5 nitrogen and oxygen atoms in total. The van der Waals surface area contributed by atoms with E-state index in [0.29, 0.717) is 0 Å². The van der Waals surface area contributed by atoms with Gasteiger partial charge in [-0.05, 0) is 13.8 Å². The van der Waals surface area contributed by atoms with E-state index in [1.54, 1.807) is 13.8 Å². The van der Waals surface area contributed by atoms with Crippen LogP contribution in [-0.2, 0) is 9.47 Å². The Morgan fingerprint density at radius 1 is 1.14 bits per heavy atom. The Morgan fingerprint density at radius 2 is 1.50 bits per heavy atom. The minimum Gasteiger partial charge on any atom is -0.433 e. The lowest BCUT2D eigenvalue weighted by molar-refractivity contribution is 0.0457. The number of hydrogen-bond donors (Lipinski definition) is 0. The molecule has 0 aromatic heterocycles. The summed E-state index contributed by atoms with van der Waals surface area (Å²) in [6.45, 7) is 3.28. The van der Waals surface area contributed by atoms with Gasteiger partial charge in [0, 0.05) is 0 Å². The SMILES string of the molecule is CC(C#N)COC(=O)OCC(C)C#N. The summed E-state index contributed by atoms with van der Waals surface area (Å²) in [6, 6.07) is 3.82. The summed E-state index contributed by atoms with van der Waals surface area (Å²) in [6.07, 6.45) is -0.839. The summed E-state index contributed by atoms with van der Waals surface area (Å²) >= 11 is 0. The fourth-order valence-electron chi connectivity index (χ4n) is 0.502. The largest absolute Gasteiger partial charge is 0.508 e. The molecule has 0 N–H and O–H groups in total. The Hall–Kier alpha value is -1.75. The zero-order valence-electron chi connectivity index (χ0n) is 8.19. The maximum absolute atomic E-state index is 10.8. The maximum atomic E-state index is 10.8. The van der Waals surface area contributed by atoms with Gasteiger partial charge in [0.05, 0.1) is 24.0 Å². The number of rotatable bonds is 4. The van der Waals surface area contributed by atoms with Crippen LogP contribution in [0.1, 0.15) is 13.8 Å². The molecule has 14 heavy (non-hydrogen) atoms. The normalized spacial score (nSPS) is 13.1. The third kappa shape index (κ3) is 5.84. The number of hydrogen-bond acceptors (Lipinski definition) is 5. The van der Waals surface area contributed by atoms with Crippen molar-refractivity contribution >= 4 is 6.16 Å². The van der Waals surface area contributed by atoms with Gasteiger partial charge in [-0.15, -0.1) is 0 Å². The molecule has 0 aliphatic heterocycles. The molecular formula is C9H12N2O3. The lowest BCUT2D eigenvalue weighted by Gasteiger charge is -2.07. The van der Waals surface area contributed by atoms with Crippen LogP contribution >= 0.6 is 0 Å². The lowest BCUT2D eigenvalue weighted by atomic mass is 10.2. The van der Waals surface area contributed by atoms with Gasteiger partial charge in [0.2, 0.25) is 0 Å². The minimum absolute atomic E-state index is 0.0102. The van der Waals surface area contributed by atoms with Crippen molar-refractivity contribution in [1.29, 1.82) is 10.5 Å². The molecule has 0 saturated carbocycles. The number of nitrogens with zero attached hydrogens (tertiary/aromatic N) is 2. The Labute approximate surface area is 82.8 Å². The third-order valence-electron chi connectivity index (χ3n) is 1.34. The molecule has 0 aliphatic carbocycles. The van der Waals surface area contributed by atoms with Crippen LogP contribution in [-0.4, -0.2) is 19.4 Å². The van der Waals surface area contributed by atoms with Gasteiger partial charge in [0.1, 0.15) is 13.2 Å². The Morgan fingerprint density at radius 3 is 1.79 bits per heavy atom. The van der Waals surface area contributed by atoms with Crippen LogP contribution in [0.2, 0.25) is 0 Å². The summed E-state index contributed by atoms with van der Waals surface area (Å²) in [5.41, 5.74) is 0. The van der Waals surface area contributed by atoms with Crippen molar-refractivity contribution in [2.24, 2.45) is 11.8 Å². The molecule has 0 amide bonds. The zero-order valence-corrected chi connectivity index (χ0v) is 8.19. The quantitative estimate of drug-likeness (QED) is 0.635. The van der Waals surface area contributed by atoms with Gasteiger partial charge in [-0.3, -0.25) is 0 Å². The second-order valence-corrected chi connectivity index (χ2v) is 2.93. The van der Waals surface area contributed by atoms with E-state index in [9.17, 15) is 4.79 Å². The van der Waals surface area contributed by atoms with E-state index in [2.05, 4.69) is 9.47 Å². The molecule has 0 aromatic carbocycles. The Balaban J connectivity index is 3.58. The molecule has 0 bridgehead atoms. The highest BCUT2D eigenvalue weighted by molar-refractivity contribution is 5.59. The molecular weight excluding hydrogens is 184 g/mol. The van der Waals surface area contributed by atoms with E-state index in [1.165, 1.54) is 0 Å². The van der Waals surface area contributed by atoms with Crippen LogP contribution in [0.25, 0.3) is 0 Å². The van der Waals surface area contributed by atoms with E-state index < -0.39 is 6.16 Å². The molecule has 0 aromatic rings.